The first-order valence-electron chi connectivity index (χ1n) is 11.5. The molecule has 5 heteroatoms. The zero-order valence-electron chi connectivity index (χ0n) is 19.7. The molecular formula is C26H41ClN4. The van der Waals surface area contributed by atoms with Crippen molar-refractivity contribution in [2.45, 2.75) is 38.5 Å². The Morgan fingerprint density at radius 1 is 1.23 bits per heavy atom. The van der Waals surface area contributed by atoms with Gasteiger partial charge in [0, 0.05) is 62.1 Å². The lowest BCUT2D eigenvalue weighted by molar-refractivity contribution is 0.347. The first-order valence-corrected chi connectivity index (χ1v) is 11.9. The largest absolute Gasteiger partial charge is 0.384 e. The third-order valence-corrected chi connectivity index (χ3v) is 6.73. The van der Waals surface area contributed by atoms with Crippen LogP contribution in [0.5, 0.6) is 0 Å². The summed E-state index contributed by atoms with van der Waals surface area (Å²) in [5.41, 5.74) is 5.51. The van der Waals surface area contributed by atoms with Gasteiger partial charge < -0.3 is 20.9 Å². The molecule has 0 saturated heterocycles. The minimum atomic E-state index is 0.606. The molecule has 0 aromatic heterocycles. The second-order valence-corrected chi connectivity index (χ2v) is 9.17. The van der Waals surface area contributed by atoms with E-state index in [2.05, 4.69) is 42.2 Å². The Balaban J connectivity index is 0.000000258. The van der Waals surface area contributed by atoms with Crippen LogP contribution in [0.1, 0.15) is 44.1 Å². The van der Waals surface area contributed by atoms with E-state index in [4.69, 9.17) is 11.6 Å². The molecule has 1 saturated carbocycles. The van der Waals surface area contributed by atoms with Gasteiger partial charge in [0.25, 0.3) is 0 Å². The molecule has 4 nitrogen and oxygen atoms in total. The van der Waals surface area contributed by atoms with Crippen LogP contribution in [-0.4, -0.2) is 52.2 Å². The first-order chi connectivity index (χ1) is 14.9. The number of hydrogen-bond donors (Lipinski definition) is 3. The molecule has 0 heterocycles. The second kappa shape index (κ2) is 12.9. The lowest BCUT2D eigenvalue weighted by atomic mass is 9.83. The van der Waals surface area contributed by atoms with Crippen LogP contribution in [0.15, 0.2) is 48.7 Å². The summed E-state index contributed by atoms with van der Waals surface area (Å²) in [6.45, 7) is 11.7. The molecule has 0 radical (unpaired) electrons. The van der Waals surface area contributed by atoms with Gasteiger partial charge in [-0.15, -0.1) is 0 Å². The number of rotatable bonds is 11. The van der Waals surface area contributed by atoms with E-state index in [9.17, 15) is 0 Å². The smallest absolute Gasteiger partial charge is 0.0479 e. The summed E-state index contributed by atoms with van der Waals surface area (Å²) in [4.78, 5) is 2.05. The molecule has 31 heavy (non-hydrogen) atoms. The molecule has 2 aliphatic rings. The van der Waals surface area contributed by atoms with E-state index < -0.39 is 0 Å². The standard InChI is InChI=1S/C16H24ClN3.C10H17N/c1-5-14-12-15(6-7-16(14)17)19-11-10-18-9-8-13(2)20(3)4;1-11-8-10-6-2-4-9(10)5-3-7-10/h5-7,12,18-19H,1-2,8-11H2,3-4H3;4,11H,2-3,5-8H2,1H3. The molecule has 0 aliphatic heterocycles. The summed E-state index contributed by atoms with van der Waals surface area (Å²) in [5, 5.41) is 10.8. The van der Waals surface area contributed by atoms with Crippen LogP contribution in [-0.2, 0) is 0 Å². The van der Waals surface area contributed by atoms with Crippen LogP contribution in [0.25, 0.3) is 6.08 Å². The van der Waals surface area contributed by atoms with Crippen molar-refractivity contribution in [3.8, 4) is 0 Å². The van der Waals surface area contributed by atoms with E-state index in [1.807, 2.05) is 37.2 Å². The van der Waals surface area contributed by atoms with Crippen LogP contribution < -0.4 is 16.0 Å². The minimum Gasteiger partial charge on any atom is -0.384 e. The number of hydrogen-bond acceptors (Lipinski definition) is 4. The SMILES string of the molecule is C=Cc1cc(NCCNCCC(=C)N(C)C)ccc1Cl.CNCC12CCC=C1CCC2. The lowest BCUT2D eigenvalue weighted by Gasteiger charge is -2.26. The number of fused-ring (bicyclic) bond motifs is 1. The first kappa shape index (κ1) is 25.5. The predicted molar refractivity (Wildman–Crippen MR) is 138 cm³/mol. The molecule has 1 aromatic rings. The zero-order chi connectivity index (χ0) is 22.7. The van der Waals surface area contributed by atoms with Crippen LogP contribution >= 0.6 is 11.6 Å². The summed E-state index contributed by atoms with van der Waals surface area (Å²) in [5.74, 6) is 0. The van der Waals surface area contributed by atoms with Crippen molar-refractivity contribution >= 4 is 23.4 Å². The fourth-order valence-electron chi connectivity index (χ4n) is 4.49. The zero-order valence-corrected chi connectivity index (χ0v) is 20.5. The molecule has 2 aliphatic carbocycles. The normalized spacial score (nSPS) is 19.2. The molecular weight excluding hydrogens is 404 g/mol. The number of anilines is 1. The average molecular weight is 445 g/mol. The van der Waals surface area contributed by atoms with Gasteiger partial charge in [-0.3, -0.25) is 0 Å². The van der Waals surface area contributed by atoms with Gasteiger partial charge in [0.2, 0.25) is 0 Å². The maximum atomic E-state index is 6.03. The Bertz CT molecular complexity index is 756. The highest BCUT2D eigenvalue weighted by Gasteiger charge is 2.39. The van der Waals surface area contributed by atoms with Crippen molar-refractivity contribution < 1.29 is 0 Å². The van der Waals surface area contributed by atoms with Gasteiger partial charge in [-0.05, 0) is 69.3 Å². The molecule has 0 spiro atoms. The van der Waals surface area contributed by atoms with Crippen molar-refractivity contribution in [1.82, 2.24) is 15.5 Å². The fourth-order valence-corrected chi connectivity index (χ4v) is 4.68. The van der Waals surface area contributed by atoms with Gasteiger partial charge in [-0.25, -0.2) is 0 Å². The summed E-state index contributed by atoms with van der Waals surface area (Å²) < 4.78 is 0. The average Bonchev–Trinajstić information content (AvgIpc) is 3.32. The van der Waals surface area contributed by atoms with Crippen LogP contribution in [0.2, 0.25) is 5.02 Å². The van der Waals surface area contributed by atoms with Crippen molar-refractivity contribution in [3.63, 3.8) is 0 Å². The number of nitrogens with zero attached hydrogens (tertiary/aromatic N) is 1. The Labute approximate surface area is 194 Å². The van der Waals surface area contributed by atoms with Crippen molar-refractivity contribution in [1.29, 1.82) is 0 Å². The summed E-state index contributed by atoms with van der Waals surface area (Å²) in [6.07, 6.45) is 12.2. The van der Waals surface area contributed by atoms with Crippen molar-refractivity contribution in [3.05, 3.63) is 59.3 Å². The maximum Gasteiger partial charge on any atom is 0.0479 e. The molecule has 1 fully saturated rings. The number of halogens is 1. The monoisotopic (exact) mass is 444 g/mol. The third-order valence-electron chi connectivity index (χ3n) is 6.38. The molecule has 172 valence electrons. The fraction of sp³-hybridized carbons (Fsp3) is 0.538. The second-order valence-electron chi connectivity index (χ2n) is 8.76. The van der Waals surface area contributed by atoms with E-state index in [1.165, 1.54) is 38.6 Å². The van der Waals surface area contributed by atoms with Crippen molar-refractivity contribution in [2.75, 3.05) is 52.6 Å². The van der Waals surface area contributed by atoms with E-state index in [0.717, 1.165) is 48.0 Å². The van der Waals surface area contributed by atoms with Gasteiger partial charge >= 0.3 is 0 Å². The Morgan fingerprint density at radius 3 is 2.74 bits per heavy atom. The van der Waals surface area contributed by atoms with Gasteiger partial charge in [0.15, 0.2) is 0 Å². The molecule has 3 N–H and O–H groups in total. The quantitative estimate of drug-likeness (QED) is 0.309. The van der Waals surface area contributed by atoms with E-state index in [-0.39, 0.29) is 0 Å². The summed E-state index contributed by atoms with van der Waals surface area (Å²) >= 11 is 6.03. The topological polar surface area (TPSA) is 39.3 Å². The number of benzene rings is 1. The third kappa shape index (κ3) is 7.71. The van der Waals surface area contributed by atoms with E-state index in [1.54, 1.807) is 11.6 Å². The summed E-state index contributed by atoms with van der Waals surface area (Å²) in [6, 6.07) is 5.86. The summed E-state index contributed by atoms with van der Waals surface area (Å²) in [7, 11) is 6.10. The molecule has 1 unspecified atom stereocenters. The maximum absolute atomic E-state index is 6.03. The molecule has 1 aromatic carbocycles. The number of allylic oxidation sites excluding steroid dienone is 1. The van der Waals surface area contributed by atoms with Gasteiger partial charge in [-0.2, -0.15) is 0 Å². The molecule has 0 amide bonds. The lowest BCUT2D eigenvalue weighted by Crippen LogP contribution is -2.29. The van der Waals surface area contributed by atoms with Crippen molar-refractivity contribution in [2.24, 2.45) is 5.41 Å². The highest BCUT2D eigenvalue weighted by molar-refractivity contribution is 6.32. The molecule has 3 rings (SSSR count). The van der Waals surface area contributed by atoms with Crippen LogP contribution in [0.4, 0.5) is 5.69 Å². The van der Waals surface area contributed by atoms with E-state index in [0.29, 0.717) is 5.41 Å². The number of nitrogens with one attached hydrogen (secondary N) is 3. The predicted octanol–water partition coefficient (Wildman–Crippen LogP) is 5.55. The highest BCUT2D eigenvalue weighted by Crippen LogP contribution is 2.50. The van der Waals surface area contributed by atoms with Gasteiger partial charge in [-0.1, -0.05) is 42.5 Å². The van der Waals surface area contributed by atoms with Crippen LogP contribution in [0.3, 0.4) is 0 Å². The Kier molecular flexibility index (Phi) is 10.7. The van der Waals surface area contributed by atoms with Crippen LogP contribution in [0, 0.1) is 5.41 Å². The Morgan fingerprint density at radius 2 is 2.03 bits per heavy atom. The van der Waals surface area contributed by atoms with Gasteiger partial charge in [0.1, 0.15) is 0 Å². The molecule has 0 bridgehead atoms. The van der Waals surface area contributed by atoms with Gasteiger partial charge in [0.05, 0.1) is 0 Å². The highest BCUT2D eigenvalue weighted by atomic mass is 35.5. The Hall–Kier alpha value is -1.75. The molecule has 1 atom stereocenters. The van der Waals surface area contributed by atoms with E-state index >= 15 is 0 Å². The minimum absolute atomic E-state index is 0.606.